The van der Waals surface area contributed by atoms with Crippen LogP contribution in [0.3, 0.4) is 0 Å². The van der Waals surface area contributed by atoms with Crippen LogP contribution < -0.4 is 16.4 Å². The van der Waals surface area contributed by atoms with E-state index in [0.717, 1.165) is 19.6 Å². The fraction of sp³-hybridized carbons (Fsp3) is 1.00. The molecular formula is C10H27N3O5Si. The summed E-state index contributed by atoms with van der Waals surface area (Å²) in [5.41, 5.74) is 5.31. The lowest BCUT2D eigenvalue weighted by atomic mass is 10.3. The van der Waals surface area contributed by atoms with Crippen LogP contribution in [0.1, 0.15) is 6.42 Å². The molecule has 1 atom stereocenters. The molecule has 19 heavy (non-hydrogen) atoms. The van der Waals surface area contributed by atoms with Crippen molar-refractivity contribution in [3.8, 4) is 0 Å². The molecule has 0 rings (SSSR count). The minimum absolute atomic E-state index is 0.0475. The van der Waals surface area contributed by atoms with Gasteiger partial charge in [0.05, 0.1) is 12.7 Å². The molecule has 0 aromatic rings. The van der Waals surface area contributed by atoms with Gasteiger partial charge in [0.1, 0.15) is 0 Å². The number of rotatable bonds is 13. The average Bonchev–Trinajstić information content (AvgIpc) is 2.31. The number of aliphatic hydroxyl groups excluding tert-OH is 1. The Morgan fingerprint density at radius 3 is 2.42 bits per heavy atom. The lowest BCUT2D eigenvalue weighted by molar-refractivity contribution is 0.0364. The molecule has 0 bridgehead atoms. The number of ether oxygens (including phenoxy) is 1. The van der Waals surface area contributed by atoms with Gasteiger partial charge in [0, 0.05) is 45.4 Å². The fourth-order valence-corrected chi connectivity index (χ4v) is 1.98. The fourth-order valence-electron chi connectivity index (χ4n) is 1.36. The summed E-state index contributed by atoms with van der Waals surface area (Å²) in [6.45, 7) is 3.81. The Bertz CT molecular complexity index is 206. The van der Waals surface area contributed by atoms with Crippen molar-refractivity contribution in [2.45, 2.75) is 18.6 Å². The molecule has 9 heteroatoms. The molecule has 0 aliphatic heterocycles. The van der Waals surface area contributed by atoms with Gasteiger partial charge in [-0.2, -0.15) is 0 Å². The minimum atomic E-state index is -3.94. The highest BCUT2D eigenvalue weighted by molar-refractivity contribution is 6.56. The third-order valence-electron chi connectivity index (χ3n) is 2.29. The molecule has 0 spiro atoms. The first-order valence-electron chi connectivity index (χ1n) is 6.50. The van der Waals surface area contributed by atoms with Crippen LogP contribution in [0, 0.1) is 0 Å². The van der Waals surface area contributed by atoms with Crippen molar-refractivity contribution in [1.29, 1.82) is 0 Å². The summed E-state index contributed by atoms with van der Waals surface area (Å²) in [5, 5.41) is 15.7. The van der Waals surface area contributed by atoms with E-state index >= 15 is 0 Å². The SMILES string of the molecule is NCCNCCNCC(O)COCCC[Si](O)(O)O. The van der Waals surface area contributed by atoms with Crippen molar-refractivity contribution in [2.24, 2.45) is 5.73 Å². The predicted octanol–water partition coefficient (Wildman–Crippen LogP) is -3.19. The molecule has 116 valence electrons. The lowest BCUT2D eigenvalue weighted by Crippen LogP contribution is -2.36. The van der Waals surface area contributed by atoms with E-state index in [9.17, 15) is 5.11 Å². The Morgan fingerprint density at radius 2 is 1.79 bits per heavy atom. The highest BCUT2D eigenvalue weighted by atomic mass is 28.4. The minimum Gasteiger partial charge on any atom is -0.390 e. The van der Waals surface area contributed by atoms with Crippen LogP contribution in [0.25, 0.3) is 0 Å². The van der Waals surface area contributed by atoms with E-state index in [1.54, 1.807) is 0 Å². The summed E-state index contributed by atoms with van der Waals surface area (Å²) in [7, 11) is -3.94. The summed E-state index contributed by atoms with van der Waals surface area (Å²) in [4.78, 5) is 26.3. The van der Waals surface area contributed by atoms with Gasteiger partial charge in [0.2, 0.25) is 0 Å². The highest BCUT2D eigenvalue weighted by Crippen LogP contribution is 2.01. The van der Waals surface area contributed by atoms with Crippen molar-refractivity contribution >= 4 is 8.80 Å². The maximum atomic E-state index is 9.54. The quantitative estimate of drug-likeness (QED) is 0.139. The maximum absolute atomic E-state index is 9.54. The zero-order valence-electron chi connectivity index (χ0n) is 11.2. The van der Waals surface area contributed by atoms with Gasteiger partial charge in [-0.15, -0.1) is 0 Å². The number of nitrogens with one attached hydrogen (secondary N) is 2. The molecule has 0 radical (unpaired) electrons. The Morgan fingerprint density at radius 1 is 1.11 bits per heavy atom. The zero-order chi connectivity index (χ0) is 14.6. The average molecular weight is 297 g/mol. The summed E-state index contributed by atoms with van der Waals surface area (Å²) in [6.07, 6.45) is -0.243. The van der Waals surface area contributed by atoms with Gasteiger partial charge in [0.25, 0.3) is 0 Å². The number of hydrogen-bond acceptors (Lipinski definition) is 8. The second-order valence-corrected chi connectivity index (χ2v) is 6.40. The van der Waals surface area contributed by atoms with Crippen LogP contribution in [0.4, 0.5) is 0 Å². The summed E-state index contributed by atoms with van der Waals surface area (Å²) in [5.74, 6) is 0. The normalized spacial score (nSPS) is 13.7. The van der Waals surface area contributed by atoms with Crippen molar-refractivity contribution in [1.82, 2.24) is 10.6 Å². The number of hydrogen-bond donors (Lipinski definition) is 7. The molecular weight excluding hydrogens is 270 g/mol. The third kappa shape index (κ3) is 15.8. The molecule has 0 saturated carbocycles. The number of nitrogens with two attached hydrogens (primary N) is 1. The van der Waals surface area contributed by atoms with Gasteiger partial charge in [-0.25, -0.2) is 0 Å². The smallest absolute Gasteiger partial charge is 0.390 e. The van der Waals surface area contributed by atoms with Gasteiger partial charge in [-0.05, 0) is 6.42 Å². The van der Waals surface area contributed by atoms with Crippen LogP contribution >= 0.6 is 0 Å². The second kappa shape index (κ2) is 11.7. The highest BCUT2D eigenvalue weighted by Gasteiger charge is 2.25. The zero-order valence-corrected chi connectivity index (χ0v) is 12.2. The Labute approximate surface area is 115 Å². The van der Waals surface area contributed by atoms with Gasteiger partial charge in [-0.1, -0.05) is 0 Å². The number of aliphatic hydroxyl groups is 1. The van der Waals surface area contributed by atoms with E-state index < -0.39 is 14.9 Å². The van der Waals surface area contributed by atoms with Crippen LogP contribution in [0.2, 0.25) is 6.04 Å². The molecule has 0 amide bonds. The topological polar surface area (TPSA) is 140 Å². The lowest BCUT2D eigenvalue weighted by Gasteiger charge is -2.13. The molecule has 0 fully saturated rings. The van der Waals surface area contributed by atoms with E-state index in [2.05, 4.69) is 10.6 Å². The van der Waals surface area contributed by atoms with Gasteiger partial charge in [0.15, 0.2) is 0 Å². The van der Waals surface area contributed by atoms with Crippen molar-refractivity contribution in [3.05, 3.63) is 0 Å². The molecule has 0 heterocycles. The van der Waals surface area contributed by atoms with E-state index in [1.165, 1.54) is 0 Å². The first-order chi connectivity index (χ1) is 8.95. The largest absolute Gasteiger partial charge is 0.492 e. The molecule has 8 N–H and O–H groups in total. The van der Waals surface area contributed by atoms with Crippen molar-refractivity contribution in [2.75, 3.05) is 45.9 Å². The van der Waals surface area contributed by atoms with Gasteiger partial charge >= 0.3 is 8.80 Å². The van der Waals surface area contributed by atoms with Gasteiger partial charge in [-0.3, -0.25) is 0 Å². The Balaban J connectivity index is 3.23. The van der Waals surface area contributed by atoms with E-state index in [1.807, 2.05) is 0 Å². The van der Waals surface area contributed by atoms with E-state index in [-0.39, 0.29) is 19.3 Å². The molecule has 8 nitrogen and oxygen atoms in total. The summed E-state index contributed by atoms with van der Waals surface area (Å²) < 4.78 is 5.15. The second-order valence-electron chi connectivity index (χ2n) is 4.35. The Kier molecular flexibility index (Phi) is 11.6. The monoisotopic (exact) mass is 297 g/mol. The molecule has 1 unspecified atom stereocenters. The van der Waals surface area contributed by atoms with E-state index in [4.69, 9.17) is 24.9 Å². The van der Waals surface area contributed by atoms with Crippen molar-refractivity contribution < 1.29 is 24.2 Å². The first-order valence-corrected chi connectivity index (χ1v) is 8.55. The van der Waals surface area contributed by atoms with Crippen LogP contribution in [0.15, 0.2) is 0 Å². The predicted molar refractivity (Wildman–Crippen MR) is 73.5 cm³/mol. The van der Waals surface area contributed by atoms with Crippen LogP contribution in [0.5, 0.6) is 0 Å². The molecule has 0 saturated heterocycles. The van der Waals surface area contributed by atoms with Crippen LogP contribution in [-0.2, 0) is 4.74 Å². The van der Waals surface area contributed by atoms with E-state index in [0.29, 0.717) is 19.5 Å². The molecule has 0 aromatic heterocycles. The van der Waals surface area contributed by atoms with Gasteiger partial charge < -0.3 is 40.6 Å². The maximum Gasteiger partial charge on any atom is 0.492 e. The summed E-state index contributed by atoms with van der Waals surface area (Å²) >= 11 is 0. The van der Waals surface area contributed by atoms with Crippen molar-refractivity contribution in [3.63, 3.8) is 0 Å². The third-order valence-corrected chi connectivity index (χ3v) is 3.32. The Hall–Kier alpha value is -0.103. The molecule has 0 aromatic carbocycles. The summed E-state index contributed by atoms with van der Waals surface area (Å²) in [6, 6.07) is -0.0475. The molecule has 0 aliphatic carbocycles. The molecule has 0 aliphatic rings. The first kappa shape index (κ1) is 18.9. The standard InChI is InChI=1S/C10H27N3O5Si/c11-2-3-12-4-5-13-8-10(14)9-18-6-1-7-19(15,16)17/h10,12-17H,1-9,11H2. The van der Waals surface area contributed by atoms with Crippen LogP contribution in [-0.4, -0.2) is 80.3 Å².